The Labute approximate surface area is 147 Å². The van der Waals surface area contributed by atoms with E-state index >= 15 is 0 Å². The molecule has 1 aliphatic heterocycles. The molecular weight excluding hydrogens is 320 g/mol. The van der Waals surface area contributed by atoms with Gasteiger partial charge in [-0.25, -0.2) is 19.6 Å². The van der Waals surface area contributed by atoms with Gasteiger partial charge in [0.15, 0.2) is 5.96 Å². The number of nitrogens with two attached hydrogens (primary N) is 1. The number of rotatable bonds is 4. The van der Waals surface area contributed by atoms with Crippen LogP contribution in [-0.4, -0.2) is 63.9 Å². The predicted octanol–water partition coefficient (Wildman–Crippen LogP) is 0.164. The van der Waals surface area contributed by atoms with Crippen molar-refractivity contribution in [3.63, 3.8) is 0 Å². The molecule has 0 saturated carbocycles. The van der Waals surface area contributed by atoms with Gasteiger partial charge in [0.2, 0.25) is 11.8 Å². The van der Waals surface area contributed by atoms with E-state index in [1.807, 2.05) is 20.0 Å². The van der Waals surface area contributed by atoms with Gasteiger partial charge >= 0.3 is 0 Å². The molecule has 0 amide bonds. The molecule has 1 fully saturated rings. The lowest BCUT2D eigenvalue weighted by Gasteiger charge is -2.35. The van der Waals surface area contributed by atoms with E-state index in [2.05, 4.69) is 29.9 Å². The van der Waals surface area contributed by atoms with Crippen molar-refractivity contribution in [3.05, 3.63) is 29.7 Å². The highest BCUT2D eigenvalue weighted by Gasteiger charge is 2.20. The molecule has 0 radical (unpaired) electrons. The van der Waals surface area contributed by atoms with Gasteiger partial charge in [0.1, 0.15) is 0 Å². The second kappa shape index (κ2) is 7.37. The van der Waals surface area contributed by atoms with Crippen LogP contribution in [0.5, 0.6) is 5.88 Å². The van der Waals surface area contributed by atoms with E-state index < -0.39 is 0 Å². The number of aryl methyl sites for hydroxylation is 2. The third-order valence-electron chi connectivity index (χ3n) is 4.32. The van der Waals surface area contributed by atoms with E-state index in [0.29, 0.717) is 12.5 Å². The average Bonchev–Trinajstić information content (AvgIpc) is 2.93. The van der Waals surface area contributed by atoms with Crippen molar-refractivity contribution in [2.45, 2.75) is 13.5 Å². The topological polar surface area (TPSA) is 97.7 Å². The molecular formula is C16H24N8O. The van der Waals surface area contributed by atoms with E-state index in [1.54, 1.807) is 24.2 Å². The second-order valence-electron chi connectivity index (χ2n) is 5.89. The molecule has 1 saturated heterocycles. The summed E-state index contributed by atoms with van der Waals surface area (Å²) < 4.78 is 7.11. The van der Waals surface area contributed by atoms with Crippen molar-refractivity contribution in [1.29, 1.82) is 0 Å². The first-order valence-corrected chi connectivity index (χ1v) is 8.23. The number of piperazine rings is 1. The van der Waals surface area contributed by atoms with Crippen molar-refractivity contribution in [3.8, 4) is 5.88 Å². The molecule has 0 aliphatic carbocycles. The Morgan fingerprint density at radius 2 is 1.92 bits per heavy atom. The smallest absolute Gasteiger partial charge is 0.225 e. The van der Waals surface area contributed by atoms with Crippen LogP contribution in [-0.2, 0) is 13.6 Å². The van der Waals surface area contributed by atoms with Gasteiger partial charge in [-0.15, -0.1) is 0 Å². The van der Waals surface area contributed by atoms with Gasteiger partial charge in [-0.1, -0.05) is 0 Å². The summed E-state index contributed by atoms with van der Waals surface area (Å²) >= 11 is 0. The van der Waals surface area contributed by atoms with E-state index in [0.717, 1.165) is 49.3 Å². The van der Waals surface area contributed by atoms with Crippen LogP contribution >= 0.6 is 0 Å². The van der Waals surface area contributed by atoms with Gasteiger partial charge < -0.3 is 20.3 Å². The molecule has 0 atom stereocenters. The highest BCUT2D eigenvalue weighted by molar-refractivity contribution is 5.78. The lowest BCUT2D eigenvalue weighted by atomic mass is 10.2. The lowest BCUT2D eigenvalue weighted by Crippen LogP contribution is -2.51. The van der Waals surface area contributed by atoms with Crippen LogP contribution in [0.15, 0.2) is 23.5 Å². The van der Waals surface area contributed by atoms with Gasteiger partial charge in [0.25, 0.3) is 0 Å². The number of hydrogen-bond acceptors (Lipinski definition) is 6. The molecule has 9 heteroatoms. The lowest BCUT2D eigenvalue weighted by molar-refractivity contribution is 0.368. The first-order chi connectivity index (χ1) is 12.1. The van der Waals surface area contributed by atoms with Crippen molar-refractivity contribution in [2.75, 3.05) is 38.2 Å². The van der Waals surface area contributed by atoms with E-state index in [1.165, 1.54) is 0 Å². The molecule has 3 rings (SSSR count). The van der Waals surface area contributed by atoms with Crippen molar-refractivity contribution in [1.82, 2.24) is 24.6 Å². The number of ether oxygens (including phenoxy) is 1. The van der Waals surface area contributed by atoms with Gasteiger partial charge in [0, 0.05) is 45.6 Å². The standard InChI is InChI=1S/C16H24N8O/c1-12-13(14(25-3)22(2)21-12)11-20-15(17)23-7-9-24(10-8-23)16-18-5-4-6-19-16/h4-6H,7-11H2,1-3H3,(H2,17,20). The Bertz CT molecular complexity index is 734. The van der Waals surface area contributed by atoms with Crippen LogP contribution in [0, 0.1) is 6.92 Å². The minimum absolute atomic E-state index is 0.455. The summed E-state index contributed by atoms with van der Waals surface area (Å²) in [5.41, 5.74) is 8.05. The average molecular weight is 344 g/mol. The summed E-state index contributed by atoms with van der Waals surface area (Å²) in [5.74, 6) is 2.02. The Morgan fingerprint density at radius 1 is 1.24 bits per heavy atom. The van der Waals surface area contributed by atoms with Crippen LogP contribution in [0.1, 0.15) is 11.3 Å². The summed E-state index contributed by atoms with van der Waals surface area (Å²) in [6.07, 6.45) is 3.52. The highest BCUT2D eigenvalue weighted by atomic mass is 16.5. The normalized spacial score (nSPS) is 15.6. The molecule has 0 spiro atoms. The van der Waals surface area contributed by atoms with Gasteiger partial charge in [0.05, 0.1) is 24.9 Å². The Morgan fingerprint density at radius 3 is 2.56 bits per heavy atom. The zero-order valence-corrected chi connectivity index (χ0v) is 14.9. The maximum Gasteiger partial charge on any atom is 0.225 e. The fourth-order valence-electron chi connectivity index (χ4n) is 2.97. The maximum atomic E-state index is 6.19. The van der Waals surface area contributed by atoms with Crippen LogP contribution in [0.4, 0.5) is 5.95 Å². The van der Waals surface area contributed by atoms with E-state index in [9.17, 15) is 0 Å². The number of aliphatic imine (C=N–C) groups is 1. The van der Waals surface area contributed by atoms with Gasteiger partial charge in [-0.2, -0.15) is 5.10 Å². The Balaban J connectivity index is 1.61. The van der Waals surface area contributed by atoms with Crippen LogP contribution in [0.3, 0.4) is 0 Å². The molecule has 134 valence electrons. The minimum atomic E-state index is 0.455. The number of methoxy groups -OCH3 is 1. The molecule has 9 nitrogen and oxygen atoms in total. The third-order valence-corrected chi connectivity index (χ3v) is 4.32. The molecule has 0 bridgehead atoms. The zero-order valence-electron chi connectivity index (χ0n) is 14.9. The molecule has 2 N–H and O–H groups in total. The number of guanidine groups is 1. The van der Waals surface area contributed by atoms with Crippen LogP contribution in [0.25, 0.3) is 0 Å². The molecule has 2 aromatic heterocycles. The Kier molecular flexibility index (Phi) is 5.01. The summed E-state index contributed by atoms with van der Waals surface area (Å²) in [7, 11) is 3.49. The molecule has 0 unspecified atom stereocenters. The first-order valence-electron chi connectivity index (χ1n) is 8.23. The summed E-state index contributed by atoms with van der Waals surface area (Å²) in [6.45, 7) is 5.61. The number of hydrogen-bond donors (Lipinski definition) is 1. The van der Waals surface area contributed by atoms with Crippen molar-refractivity contribution in [2.24, 2.45) is 17.8 Å². The predicted molar refractivity (Wildman–Crippen MR) is 95.6 cm³/mol. The molecule has 0 aromatic carbocycles. The zero-order chi connectivity index (χ0) is 17.8. The third kappa shape index (κ3) is 3.65. The number of nitrogens with zero attached hydrogens (tertiary/aromatic N) is 7. The quantitative estimate of drug-likeness (QED) is 0.623. The first kappa shape index (κ1) is 17.0. The minimum Gasteiger partial charge on any atom is -0.481 e. The molecule has 1 aliphatic rings. The largest absolute Gasteiger partial charge is 0.481 e. The molecule has 3 heterocycles. The van der Waals surface area contributed by atoms with Crippen molar-refractivity contribution < 1.29 is 4.74 Å². The molecule has 2 aromatic rings. The summed E-state index contributed by atoms with van der Waals surface area (Å²) in [4.78, 5) is 17.3. The monoisotopic (exact) mass is 344 g/mol. The molecule has 25 heavy (non-hydrogen) atoms. The van der Waals surface area contributed by atoms with Gasteiger partial charge in [-0.05, 0) is 13.0 Å². The van der Waals surface area contributed by atoms with Gasteiger partial charge in [-0.3, -0.25) is 0 Å². The van der Waals surface area contributed by atoms with E-state index in [-0.39, 0.29) is 0 Å². The highest BCUT2D eigenvalue weighted by Crippen LogP contribution is 2.21. The van der Waals surface area contributed by atoms with E-state index in [4.69, 9.17) is 10.5 Å². The summed E-state index contributed by atoms with van der Waals surface area (Å²) in [6, 6.07) is 1.82. The fourth-order valence-corrected chi connectivity index (χ4v) is 2.97. The maximum absolute atomic E-state index is 6.19. The summed E-state index contributed by atoms with van der Waals surface area (Å²) in [5, 5.41) is 4.36. The van der Waals surface area contributed by atoms with Crippen molar-refractivity contribution >= 4 is 11.9 Å². The SMILES string of the molecule is COc1c(CN=C(N)N2CCN(c3ncccn3)CC2)c(C)nn1C. The number of anilines is 1. The second-order valence-corrected chi connectivity index (χ2v) is 5.89. The fraction of sp³-hybridized carbons (Fsp3) is 0.500. The van der Waals surface area contributed by atoms with Crippen LogP contribution < -0.4 is 15.4 Å². The Hall–Kier alpha value is -2.84. The van der Waals surface area contributed by atoms with Crippen LogP contribution in [0.2, 0.25) is 0 Å². The number of aromatic nitrogens is 4.